The van der Waals surface area contributed by atoms with Crippen LogP contribution in [-0.2, 0) is 19.6 Å². The fraction of sp³-hybridized carbons (Fsp3) is 0.100. The van der Waals surface area contributed by atoms with Gasteiger partial charge in [-0.05, 0) is 28.5 Å². The predicted octanol–water partition coefficient (Wildman–Crippen LogP) is 3.33. The molecule has 0 radical (unpaired) electrons. The van der Waals surface area contributed by atoms with Crippen molar-refractivity contribution >= 4 is 32.8 Å². The smallest absolute Gasteiger partial charge is 0.339 e. The van der Waals surface area contributed by atoms with Gasteiger partial charge in [-0.25, -0.2) is 9.59 Å². The van der Waals surface area contributed by atoms with Gasteiger partial charge in [0.15, 0.2) is 0 Å². The molecule has 0 unspecified atom stereocenters. The molecule has 0 aliphatic heterocycles. The normalized spacial score (nSPS) is 11.2. The number of carbonyl (C=O) groups is 2. The van der Waals surface area contributed by atoms with Gasteiger partial charge in [-0.1, -0.05) is 42.5 Å². The Morgan fingerprint density at radius 3 is 2.14 bits per heavy atom. The minimum atomic E-state index is -4.84. The van der Waals surface area contributed by atoms with E-state index < -0.39 is 32.5 Å². The van der Waals surface area contributed by atoms with Gasteiger partial charge in [0.05, 0.1) is 25.3 Å². The van der Waals surface area contributed by atoms with Crippen LogP contribution in [0, 0.1) is 0 Å². The Balaban J connectivity index is 2.51. The van der Waals surface area contributed by atoms with Crippen molar-refractivity contribution in [1.29, 1.82) is 0 Å². The summed E-state index contributed by atoms with van der Waals surface area (Å²) >= 11 is 0. The Morgan fingerprint density at radius 2 is 1.50 bits per heavy atom. The molecule has 0 bridgehead atoms. The molecule has 0 heterocycles. The molecule has 3 rings (SSSR count). The summed E-state index contributed by atoms with van der Waals surface area (Å²) in [6, 6.07) is 14.6. The quantitative estimate of drug-likeness (QED) is 0.529. The van der Waals surface area contributed by atoms with Crippen molar-refractivity contribution in [3.8, 4) is 11.1 Å². The number of fused-ring (bicyclic) bond motifs is 1. The molecule has 0 saturated heterocycles. The number of ether oxygens (including phenoxy) is 2. The summed E-state index contributed by atoms with van der Waals surface area (Å²) in [5.41, 5.74) is -0.113. The molecule has 0 fully saturated rings. The summed E-state index contributed by atoms with van der Waals surface area (Å²) in [4.78, 5) is 23.7. The topological polar surface area (TPSA) is 107 Å². The van der Waals surface area contributed by atoms with E-state index in [9.17, 15) is 22.6 Å². The van der Waals surface area contributed by atoms with Gasteiger partial charge in [0.1, 0.15) is 4.90 Å². The molecular weight excluding hydrogens is 384 g/mol. The first-order valence-electron chi connectivity index (χ1n) is 8.08. The third-order valence-corrected chi connectivity index (χ3v) is 5.21. The van der Waals surface area contributed by atoms with E-state index in [2.05, 4.69) is 4.74 Å². The molecule has 0 aliphatic carbocycles. The molecule has 1 N–H and O–H groups in total. The Morgan fingerprint density at radius 1 is 0.857 bits per heavy atom. The molecule has 0 spiro atoms. The van der Waals surface area contributed by atoms with Crippen molar-refractivity contribution in [2.75, 3.05) is 14.2 Å². The van der Waals surface area contributed by atoms with Crippen molar-refractivity contribution in [3.05, 3.63) is 65.7 Å². The summed E-state index contributed by atoms with van der Waals surface area (Å²) < 4.78 is 43.6. The van der Waals surface area contributed by atoms with E-state index in [-0.39, 0.29) is 11.1 Å². The molecule has 0 amide bonds. The second-order valence-electron chi connectivity index (χ2n) is 5.89. The van der Waals surface area contributed by atoms with Crippen molar-refractivity contribution in [3.63, 3.8) is 0 Å². The highest BCUT2D eigenvalue weighted by molar-refractivity contribution is 7.86. The van der Waals surface area contributed by atoms with Crippen molar-refractivity contribution in [1.82, 2.24) is 0 Å². The van der Waals surface area contributed by atoms with Gasteiger partial charge in [-0.2, -0.15) is 8.42 Å². The monoisotopic (exact) mass is 400 g/mol. The van der Waals surface area contributed by atoms with Gasteiger partial charge in [-0.15, -0.1) is 0 Å². The first kappa shape index (κ1) is 19.5. The van der Waals surface area contributed by atoms with Crippen LogP contribution in [0.4, 0.5) is 0 Å². The molecule has 7 nitrogen and oxygen atoms in total. The molecule has 0 aromatic heterocycles. The van der Waals surface area contributed by atoms with Crippen LogP contribution in [0.5, 0.6) is 0 Å². The summed E-state index contributed by atoms with van der Waals surface area (Å²) in [6.07, 6.45) is 0. The van der Waals surface area contributed by atoms with Crippen LogP contribution in [-0.4, -0.2) is 39.1 Å². The zero-order chi connectivity index (χ0) is 20.5. The Hall–Kier alpha value is -3.23. The zero-order valence-corrected chi connectivity index (χ0v) is 15.8. The van der Waals surface area contributed by atoms with E-state index in [1.54, 1.807) is 24.3 Å². The lowest BCUT2D eigenvalue weighted by Gasteiger charge is -2.15. The van der Waals surface area contributed by atoms with Gasteiger partial charge in [-0.3, -0.25) is 4.55 Å². The van der Waals surface area contributed by atoms with E-state index in [1.807, 2.05) is 18.2 Å². The maximum absolute atomic E-state index is 12.2. The largest absolute Gasteiger partial charge is 0.465 e. The Bertz CT molecular complexity index is 1190. The minimum absolute atomic E-state index is 0.0115. The Labute approximate surface area is 161 Å². The highest BCUT2D eigenvalue weighted by atomic mass is 32.2. The average Bonchev–Trinajstić information content (AvgIpc) is 2.70. The summed E-state index contributed by atoms with van der Waals surface area (Å²) in [6.45, 7) is 0. The minimum Gasteiger partial charge on any atom is -0.465 e. The average molecular weight is 400 g/mol. The SMILES string of the molecule is COC(=O)c1cc(C(=O)OC)c(S(=O)(=O)O)c(-c2cccc3ccccc23)c1. The number of benzene rings is 3. The van der Waals surface area contributed by atoms with Crippen molar-refractivity contribution in [2.45, 2.75) is 4.90 Å². The summed E-state index contributed by atoms with van der Waals surface area (Å²) in [7, 11) is -2.61. The molecule has 0 aliphatic rings. The van der Waals surface area contributed by atoms with E-state index in [1.165, 1.54) is 6.07 Å². The van der Waals surface area contributed by atoms with Crippen molar-refractivity contribution in [2.24, 2.45) is 0 Å². The molecule has 28 heavy (non-hydrogen) atoms. The van der Waals surface area contributed by atoms with Crippen LogP contribution in [0.1, 0.15) is 20.7 Å². The number of carbonyl (C=O) groups excluding carboxylic acids is 2. The van der Waals surface area contributed by atoms with Crippen LogP contribution >= 0.6 is 0 Å². The molecule has 3 aromatic rings. The molecular formula is C20H16O7S. The third kappa shape index (κ3) is 3.47. The van der Waals surface area contributed by atoms with Crippen LogP contribution in [0.15, 0.2) is 59.5 Å². The Kier molecular flexibility index (Phi) is 5.17. The highest BCUT2D eigenvalue weighted by Crippen LogP contribution is 2.36. The molecule has 0 atom stereocenters. The second kappa shape index (κ2) is 7.41. The van der Waals surface area contributed by atoms with E-state index in [0.29, 0.717) is 10.9 Å². The summed E-state index contributed by atoms with van der Waals surface area (Å²) in [5.74, 6) is -1.78. The fourth-order valence-corrected chi connectivity index (χ4v) is 3.93. The second-order valence-corrected chi connectivity index (χ2v) is 7.24. The highest BCUT2D eigenvalue weighted by Gasteiger charge is 2.29. The van der Waals surface area contributed by atoms with E-state index >= 15 is 0 Å². The molecule has 0 saturated carbocycles. The van der Waals surface area contributed by atoms with Gasteiger partial charge >= 0.3 is 11.9 Å². The van der Waals surface area contributed by atoms with E-state index in [0.717, 1.165) is 25.7 Å². The first-order chi connectivity index (χ1) is 13.3. The number of hydrogen-bond donors (Lipinski definition) is 1. The number of methoxy groups -OCH3 is 2. The van der Waals surface area contributed by atoms with Gasteiger partial charge in [0.2, 0.25) is 0 Å². The zero-order valence-electron chi connectivity index (χ0n) is 15.0. The van der Waals surface area contributed by atoms with Crippen LogP contribution in [0.25, 0.3) is 21.9 Å². The first-order valence-corrected chi connectivity index (χ1v) is 9.52. The molecule has 3 aromatic carbocycles. The standard InChI is InChI=1S/C20H16O7S/c1-26-19(21)13-10-16(15-9-5-7-12-6-3-4-8-14(12)15)18(28(23,24)25)17(11-13)20(22)27-2/h3-11H,1-2H3,(H,23,24,25). The van der Waals surface area contributed by atoms with Gasteiger partial charge in [0, 0.05) is 5.56 Å². The number of hydrogen-bond acceptors (Lipinski definition) is 6. The lowest BCUT2D eigenvalue weighted by molar-refractivity contribution is 0.0595. The third-order valence-electron chi connectivity index (χ3n) is 4.25. The number of esters is 2. The van der Waals surface area contributed by atoms with Crippen LogP contribution in [0.3, 0.4) is 0 Å². The van der Waals surface area contributed by atoms with Gasteiger partial charge in [0.25, 0.3) is 10.1 Å². The maximum Gasteiger partial charge on any atom is 0.339 e. The van der Waals surface area contributed by atoms with E-state index in [4.69, 9.17) is 4.74 Å². The summed E-state index contributed by atoms with van der Waals surface area (Å²) in [5, 5.41) is 1.48. The molecule has 8 heteroatoms. The fourth-order valence-electron chi connectivity index (χ4n) is 3.06. The maximum atomic E-state index is 12.2. The lowest BCUT2D eigenvalue weighted by Crippen LogP contribution is -2.14. The lowest BCUT2D eigenvalue weighted by atomic mass is 9.95. The number of rotatable bonds is 4. The predicted molar refractivity (Wildman–Crippen MR) is 102 cm³/mol. The van der Waals surface area contributed by atoms with Crippen LogP contribution < -0.4 is 0 Å². The molecule has 144 valence electrons. The van der Waals surface area contributed by atoms with Gasteiger partial charge < -0.3 is 9.47 Å². The van der Waals surface area contributed by atoms with Crippen molar-refractivity contribution < 1.29 is 32.0 Å². The van der Waals surface area contributed by atoms with Crippen LogP contribution in [0.2, 0.25) is 0 Å².